The Balaban J connectivity index is 2.35. The minimum atomic E-state index is -0.614. The van der Waals surface area contributed by atoms with E-state index in [0.29, 0.717) is 16.6 Å². The fourth-order valence-electron chi connectivity index (χ4n) is 2.43. The van der Waals surface area contributed by atoms with Gasteiger partial charge in [-0.15, -0.1) is 11.8 Å². The zero-order valence-corrected chi connectivity index (χ0v) is 14.8. The number of halogens is 2. The van der Waals surface area contributed by atoms with Crippen LogP contribution in [0.1, 0.15) is 23.1 Å². The van der Waals surface area contributed by atoms with Crippen LogP contribution >= 0.6 is 35.0 Å². The Morgan fingerprint density at radius 1 is 1.09 bits per heavy atom. The van der Waals surface area contributed by atoms with Crippen molar-refractivity contribution >= 4 is 35.0 Å². The van der Waals surface area contributed by atoms with Gasteiger partial charge in [0, 0.05) is 17.4 Å². The minimum absolute atomic E-state index is 0.100. The average molecular weight is 356 g/mol. The van der Waals surface area contributed by atoms with Crippen LogP contribution in [0.15, 0.2) is 47.4 Å². The van der Waals surface area contributed by atoms with Gasteiger partial charge in [-0.05, 0) is 48.7 Å². The highest BCUT2D eigenvalue weighted by atomic mass is 35.5. The topological polar surface area (TPSA) is 32.3 Å². The van der Waals surface area contributed by atoms with E-state index in [0.717, 1.165) is 16.0 Å². The van der Waals surface area contributed by atoms with E-state index >= 15 is 0 Å². The fraction of sp³-hybridized carbons (Fsp3) is 0.294. The van der Waals surface area contributed by atoms with Crippen molar-refractivity contribution in [2.24, 2.45) is 0 Å². The smallest absolute Gasteiger partial charge is 0.0871 e. The summed E-state index contributed by atoms with van der Waals surface area (Å²) in [5, 5.41) is 15.0. The molecule has 2 aromatic rings. The predicted molar refractivity (Wildman–Crippen MR) is 96.3 cm³/mol. The second-order valence-electron chi connectivity index (χ2n) is 5.06. The van der Waals surface area contributed by atoms with Crippen molar-refractivity contribution in [1.29, 1.82) is 0 Å². The number of likely N-dealkylation sites (N-methyl/N-ethyl adjacent to an activating group) is 1. The Morgan fingerprint density at radius 2 is 1.86 bits per heavy atom. The molecule has 0 aliphatic heterocycles. The Bertz CT molecular complexity index is 636. The number of aliphatic hydroxyl groups excluding tert-OH is 1. The molecule has 2 nitrogen and oxygen atoms in total. The minimum Gasteiger partial charge on any atom is -0.388 e. The van der Waals surface area contributed by atoms with Gasteiger partial charge in [-0.1, -0.05) is 41.4 Å². The summed E-state index contributed by atoms with van der Waals surface area (Å²) in [7, 11) is 1.87. The van der Waals surface area contributed by atoms with Gasteiger partial charge >= 0.3 is 0 Å². The molecule has 0 aliphatic carbocycles. The molecule has 0 saturated carbocycles. The monoisotopic (exact) mass is 355 g/mol. The molecule has 118 valence electrons. The molecule has 2 aromatic carbocycles. The van der Waals surface area contributed by atoms with E-state index in [9.17, 15) is 5.11 Å². The molecule has 0 unspecified atom stereocenters. The molecule has 0 aliphatic rings. The zero-order valence-electron chi connectivity index (χ0n) is 12.5. The van der Waals surface area contributed by atoms with Crippen LogP contribution in [0.4, 0.5) is 0 Å². The SMILES string of the molecule is CNC[C@H](c1ccc(Cl)c(Cl)c1)[C@@H](O)c1cccc(SC)c1. The van der Waals surface area contributed by atoms with Crippen LogP contribution in [0, 0.1) is 0 Å². The maximum absolute atomic E-state index is 10.8. The maximum Gasteiger partial charge on any atom is 0.0871 e. The highest BCUT2D eigenvalue weighted by molar-refractivity contribution is 7.98. The van der Waals surface area contributed by atoms with Crippen LogP contribution in [0.2, 0.25) is 10.0 Å². The lowest BCUT2D eigenvalue weighted by molar-refractivity contribution is 0.144. The largest absolute Gasteiger partial charge is 0.388 e. The van der Waals surface area contributed by atoms with E-state index in [4.69, 9.17) is 23.2 Å². The number of rotatable bonds is 6. The third-order valence-electron chi connectivity index (χ3n) is 3.61. The number of thioether (sulfide) groups is 1. The van der Waals surface area contributed by atoms with E-state index in [-0.39, 0.29) is 5.92 Å². The number of nitrogens with one attached hydrogen (secondary N) is 1. The number of benzene rings is 2. The molecule has 0 heterocycles. The van der Waals surface area contributed by atoms with Crippen molar-refractivity contribution in [1.82, 2.24) is 5.32 Å². The van der Waals surface area contributed by atoms with Gasteiger partial charge in [0.25, 0.3) is 0 Å². The lowest BCUT2D eigenvalue weighted by Crippen LogP contribution is -2.23. The van der Waals surface area contributed by atoms with Crippen LogP contribution in [-0.4, -0.2) is 25.0 Å². The fourth-order valence-corrected chi connectivity index (χ4v) is 3.21. The summed E-state index contributed by atoms with van der Waals surface area (Å²) in [5.41, 5.74) is 1.86. The van der Waals surface area contributed by atoms with Gasteiger partial charge in [-0.25, -0.2) is 0 Å². The summed E-state index contributed by atoms with van der Waals surface area (Å²) in [5.74, 6) is -0.100. The van der Waals surface area contributed by atoms with Crippen molar-refractivity contribution in [2.45, 2.75) is 16.9 Å². The Morgan fingerprint density at radius 3 is 2.50 bits per heavy atom. The van der Waals surface area contributed by atoms with Crippen molar-refractivity contribution in [3.05, 3.63) is 63.6 Å². The summed E-state index contributed by atoms with van der Waals surface area (Å²) < 4.78 is 0. The summed E-state index contributed by atoms with van der Waals surface area (Å²) in [6.45, 7) is 0.641. The van der Waals surface area contributed by atoms with Crippen LogP contribution in [-0.2, 0) is 0 Å². The number of aliphatic hydroxyl groups is 1. The number of hydrogen-bond donors (Lipinski definition) is 2. The molecule has 0 bridgehead atoms. The van der Waals surface area contributed by atoms with Crippen LogP contribution < -0.4 is 5.32 Å². The first-order valence-corrected chi connectivity index (χ1v) is 8.96. The molecule has 0 radical (unpaired) electrons. The summed E-state index contributed by atoms with van der Waals surface area (Å²) in [4.78, 5) is 1.13. The average Bonchev–Trinajstić information content (AvgIpc) is 2.54. The van der Waals surface area contributed by atoms with Crippen LogP contribution in [0.25, 0.3) is 0 Å². The Hall–Kier alpha value is -0.710. The highest BCUT2D eigenvalue weighted by Crippen LogP contribution is 2.34. The lowest BCUT2D eigenvalue weighted by atomic mass is 9.89. The molecular weight excluding hydrogens is 337 g/mol. The normalized spacial score (nSPS) is 13.9. The summed E-state index contributed by atoms with van der Waals surface area (Å²) >= 11 is 13.8. The van der Waals surface area contributed by atoms with Crippen LogP contribution in [0.5, 0.6) is 0 Å². The van der Waals surface area contributed by atoms with Gasteiger partial charge in [0.05, 0.1) is 16.1 Å². The second-order valence-corrected chi connectivity index (χ2v) is 6.75. The molecular formula is C17H19Cl2NOS. The van der Waals surface area contributed by atoms with Gasteiger partial charge in [-0.2, -0.15) is 0 Å². The van der Waals surface area contributed by atoms with E-state index in [2.05, 4.69) is 5.32 Å². The van der Waals surface area contributed by atoms with Crippen molar-refractivity contribution in [2.75, 3.05) is 19.8 Å². The Labute approximate surface area is 145 Å². The molecule has 0 aromatic heterocycles. The molecule has 5 heteroatoms. The van der Waals surface area contributed by atoms with Crippen LogP contribution in [0.3, 0.4) is 0 Å². The first-order chi connectivity index (χ1) is 10.6. The molecule has 0 fully saturated rings. The van der Waals surface area contributed by atoms with Gasteiger partial charge in [0.2, 0.25) is 0 Å². The van der Waals surface area contributed by atoms with Gasteiger partial charge < -0.3 is 10.4 Å². The molecule has 0 spiro atoms. The molecule has 2 atom stereocenters. The third-order valence-corrected chi connectivity index (χ3v) is 5.08. The van der Waals surface area contributed by atoms with Gasteiger partial charge in [-0.3, -0.25) is 0 Å². The molecule has 0 amide bonds. The standard InChI is InChI=1S/C17H19Cl2NOS/c1-20-10-14(11-6-7-15(18)16(19)9-11)17(21)12-4-3-5-13(8-12)22-2/h3-9,14,17,20-21H,10H2,1-2H3/t14-,17+/m1/s1. The van der Waals surface area contributed by atoms with Crippen molar-refractivity contribution in [3.8, 4) is 0 Å². The van der Waals surface area contributed by atoms with E-state index in [1.807, 2.05) is 49.7 Å². The quantitative estimate of drug-likeness (QED) is 0.733. The summed E-state index contributed by atoms with van der Waals surface area (Å²) in [6, 6.07) is 13.5. The van der Waals surface area contributed by atoms with Gasteiger partial charge in [0.15, 0.2) is 0 Å². The lowest BCUT2D eigenvalue weighted by Gasteiger charge is -2.24. The molecule has 0 saturated heterocycles. The summed E-state index contributed by atoms with van der Waals surface area (Å²) in [6.07, 6.45) is 1.41. The second kappa shape index (κ2) is 8.23. The molecule has 22 heavy (non-hydrogen) atoms. The molecule has 2 rings (SSSR count). The maximum atomic E-state index is 10.8. The Kier molecular flexibility index (Phi) is 6.60. The van der Waals surface area contributed by atoms with E-state index in [1.54, 1.807) is 17.8 Å². The van der Waals surface area contributed by atoms with E-state index in [1.165, 1.54) is 0 Å². The first-order valence-electron chi connectivity index (χ1n) is 6.98. The highest BCUT2D eigenvalue weighted by Gasteiger charge is 2.23. The number of hydrogen-bond acceptors (Lipinski definition) is 3. The van der Waals surface area contributed by atoms with Crippen molar-refractivity contribution < 1.29 is 5.11 Å². The third kappa shape index (κ3) is 4.18. The van der Waals surface area contributed by atoms with Crippen molar-refractivity contribution in [3.63, 3.8) is 0 Å². The van der Waals surface area contributed by atoms with Gasteiger partial charge in [0.1, 0.15) is 0 Å². The predicted octanol–water partition coefficient (Wildman–Crippen LogP) is 4.75. The van der Waals surface area contributed by atoms with E-state index < -0.39 is 6.10 Å². The first kappa shape index (κ1) is 17.6. The molecule has 2 N–H and O–H groups in total. The zero-order chi connectivity index (χ0) is 16.1.